The first-order valence-corrected chi connectivity index (χ1v) is 11.4. The fraction of sp³-hybridized carbons (Fsp3) is 0.304. The molecule has 0 radical (unpaired) electrons. The molecule has 1 aliphatic rings. The Morgan fingerprint density at radius 2 is 1.87 bits per heavy atom. The third-order valence-corrected chi connectivity index (χ3v) is 6.00. The van der Waals surface area contributed by atoms with Crippen LogP contribution < -0.4 is 10.3 Å². The Hall–Kier alpha value is -3.13. The van der Waals surface area contributed by atoms with Gasteiger partial charge in [-0.2, -0.15) is 11.8 Å². The normalized spacial score (nSPS) is 13.7. The second-order valence-corrected chi connectivity index (χ2v) is 8.47. The molecule has 2 heterocycles. The number of nitrogens with zero attached hydrogens (tertiary/aromatic N) is 3. The topological polar surface area (TPSA) is 88.2 Å². The molecule has 1 N–H and O–H groups in total. The molecule has 0 saturated carbocycles. The van der Waals surface area contributed by atoms with Crippen LogP contribution in [-0.4, -0.2) is 50.6 Å². The Bertz CT molecular complexity index is 1080. The number of ether oxygens (including phenoxy) is 1. The van der Waals surface area contributed by atoms with Crippen molar-refractivity contribution in [3.8, 4) is 17.1 Å². The lowest BCUT2D eigenvalue weighted by Crippen LogP contribution is -2.38. The molecule has 0 bridgehead atoms. The van der Waals surface area contributed by atoms with E-state index < -0.39 is 0 Å². The van der Waals surface area contributed by atoms with Gasteiger partial charge in [-0.3, -0.25) is 9.59 Å². The van der Waals surface area contributed by atoms with Crippen molar-refractivity contribution >= 4 is 17.7 Å². The number of benzene rings is 2. The molecule has 160 valence electrons. The number of amides is 1. The van der Waals surface area contributed by atoms with Gasteiger partial charge >= 0.3 is 0 Å². The van der Waals surface area contributed by atoms with Gasteiger partial charge in [0.05, 0.1) is 0 Å². The molecule has 0 aliphatic carbocycles. The Morgan fingerprint density at radius 1 is 1.06 bits per heavy atom. The highest BCUT2D eigenvalue weighted by Gasteiger charge is 2.17. The maximum atomic E-state index is 12.5. The standard InChI is InChI=1S/C23H24N4O3S/c28-21(27-11-13-31-14-12-27)10-9-20-23(29)24-22(26-25-20)18-7-4-8-19(15-18)30-16-17-5-2-1-3-6-17/h1-8,15H,9-14,16H2,(H,24,26,29). The molecule has 0 atom stereocenters. The highest BCUT2D eigenvalue weighted by atomic mass is 32.2. The van der Waals surface area contributed by atoms with E-state index >= 15 is 0 Å². The van der Waals surface area contributed by atoms with Gasteiger partial charge in [-0.1, -0.05) is 42.5 Å². The van der Waals surface area contributed by atoms with Crippen molar-refractivity contribution in [1.82, 2.24) is 20.1 Å². The Kier molecular flexibility index (Phi) is 6.99. The van der Waals surface area contributed by atoms with E-state index in [4.69, 9.17) is 4.74 Å². The summed E-state index contributed by atoms with van der Waals surface area (Å²) in [7, 11) is 0. The van der Waals surface area contributed by atoms with Crippen LogP contribution in [0.3, 0.4) is 0 Å². The Morgan fingerprint density at radius 3 is 2.65 bits per heavy atom. The number of hydrogen-bond acceptors (Lipinski definition) is 6. The van der Waals surface area contributed by atoms with E-state index in [0.717, 1.165) is 30.2 Å². The van der Waals surface area contributed by atoms with Crippen LogP contribution in [-0.2, 0) is 17.8 Å². The van der Waals surface area contributed by atoms with Gasteiger partial charge in [0.2, 0.25) is 5.91 Å². The number of thioether (sulfide) groups is 1. The quantitative estimate of drug-likeness (QED) is 0.613. The summed E-state index contributed by atoms with van der Waals surface area (Å²) in [5.74, 6) is 3.05. The molecule has 1 saturated heterocycles. The summed E-state index contributed by atoms with van der Waals surface area (Å²) in [6.07, 6.45) is 0.551. The van der Waals surface area contributed by atoms with Crippen molar-refractivity contribution < 1.29 is 9.53 Å². The van der Waals surface area contributed by atoms with Crippen molar-refractivity contribution in [3.63, 3.8) is 0 Å². The van der Waals surface area contributed by atoms with Gasteiger partial charge in [0.25, 0.3) is 5.56 Å². The van der Waals surface area contributed by atoms with Crippen molar-refractivity contribution in [3.05, 3.63) is 76.2 Å². The SMILES string of the molecule is O=C(CCc1nnc(-c2cccc(OCc3ccccc3)c2)[nH]c1=O)N1CCSCC1. The molecular formula is C23H24N4O3S. The molecule has 2 aromatic carbocycles. The smallest absolute Gasteiger partial charge is 0.273 e. The lowest BCUT2D eigenvalue weighted by Gasteiger charge is -2.26. The number of carbonyl (C=O) groups is 1. The number of aryl methyl sites for hydroxylation is 1. The molecule has 1 aliphatic heterocycles. The average Bonchev–Trinajstić information content (AvgIpc) is 2.83. The van der Waals surface area contributed by atoms with E-state index in [-0.39, 0.29) is 30.0 Å². The molecule has 1 amide bonds. The number of H-pyrrole nitrogens is 1. The minimum atomic E-state index is -0.317. The van der Waals surface area contributed by atoms with Crippen LogP contribution >= 0.6 is 11.8 Å². The van der Waals surface area contributed by atoms with Crippen LogP contribution in [0.4, 0.5) is 0 Å². The minimum Gasteiger partial charge on any atom is -0.489 e. The van der Waals surface area contributed by atoms with Crippen LogP contribution in [0.15, 0.2) is 59.4 Å². The van der Waals surface area contributed by atoms with E-state index in [0.29, 0.717) is 23.7 Å². The highest BCUT2D eigenvalue weighted by Crippen LogP contribution is 2.21. The summed E-state index contributed by atoms with van der Waals surface area (Å²) in [5, 5.41) is 8.26. The minimum absolute atomic E-state index is 0.0637. The lowest BCUT2D eigenvalue weighted by atomic mass is 10.2. The zero-order chi connectivity index (χ0) is 21.5. The fourth-order valence-corrected chi connectivity index (χ4v) is 4.23. The van der Waals surface area contributed by atoms with E-state index in [2.05, 4.69) is 15.2 Å². The number of aromatic amines is 1. The van der Waals surface area contributed by atoms with Gasteiger partial charge in [0, 0.05) is 43.0 Å². The summed E-state index contributed by atoms with van der Waals surface area (Å²) in [5.41, 5.74) is 1.74. The van der Waals surface area contributed by atoms with E-state index in [1.165, 1.54) is 0 Å². The van der Waals surface area contributed by atoms with Gasteiger partial charge in [0.15, 0.2) is 5.82 Å². The predicted octanol–water partition coefficient (Wildman–Crippen LogP) is 2.92. The third kappa shape index (κ3) is 5.73. The lowest BCUT2D eigenvalue weighted by molar-refractivity contribution is -0.130. The molecule has 7 nitrogen and oxygen atoms in total. The fourth-order valence-electron chi connectivity index (χ4n) is 3.32. The van der Waals surface area contributed by atoms with E-state index in [1.807, 2.05) is 71.3 Å². The maximum absolute atomic E-state index is 12.5. The van der Waals surface area contributed by atoms with Gasteiger partial charge < -0.3 is 14.6 Å². The zero-order valence-corrected chi connectivity index (χ0v) is 17.9. The second kappa shape index (κ2) is 10.3. The zero-order valence-electron chi connectivity index (χ0n) is 17.1. The van der Waals surface area contributed by atoms with Crippen molar-refractivity contribution in [2.24, 2.45) is 0 Å². The van der Waals surface area contributed by atoms with Gasteiger partial charge in [-0.15, -0.1) is 10.2 Å². The van der Waals surface area contributed by atoms with Gasteiger partial charge in [0.1, 0.15) is 18.1 Å². The van der Waals surface area contributed by atoms with Crippen LogP contribution in [0.2, 0.25) is 0 Å². The second-order valence-electron chi connectivity index (χ2n) is 7.24. The number of nitrogens with one attached hydrogen (secondary N) is 1. The third-order valence-electron chi connectivity index (χ3n) is 5.06. The molecule has 1 aromatic heterocycles. The Labute approximate surface area is 184 Å². The first kappa shape index (κ1) is 21.1. The molecule has 4 rings (SSSR count). The molecule has 0 spiro atoms. The molecule has 31 heavy (non-hydrogen) atoms. The van der Waals surface area contributed by atoms with Crippen molar-refractivity contribution in [2.75, 3.05) is 24.6 Å². The largest absolute Gasteiger partial charge is 0.489 e. The maximum Gasteiger partial charge on any atom is 0.273 e. The van der Waals surface area contributed by atoms with Crippen LogP contribution in [0.5, 0.6) is 5.75 Å². The number of rotatable bonds is 7. The monoisotopic (exact) mass is 436 g/mol. The molecule has 0 unspecified atom stereocenters. The summed E-state index contributed by atoms with van der Waals surface area (Å²) in [4.78, 5) is 29.4. The summed E-state index contributed by atoms with van der Waals surface area (Å²) in [6, 6.07) is 17.3. The molecule has 3 aromatic rings. The molecule has 8 heteroatoms. The molecule has 1 fully saturated rings. The first-order chi connectivity index (χ1) is 15.2. The number of aromatic nitrogens is 3. The Balaban J connectivity index is 1.39. The average molecular weight is 437 g/mol. The van der Waals surface area contributed by atoms with E-state index in [1.54, 1.807) is 0 Å². The van der Waals surface area contributed by atoms with Crippen LogP contribution in [0.25, 0.3) is 11.4 Å². The van der Waals surface area contributed by atoms with Crippen molar-refractivity contribution in [1.29, 1.82) is 0 Å². The number of carbonyl (C=O) groups excluding carboxylic acids is 1. The highest BCUT2D eigenvalue weighted by molar-refractivity contribution is 7.99. The van der Waals surface area contributed by atoms with Crippen LogP contribution in [0, 0.1) is 0 Å². The van der Waals surface area contributed by atoms with E-state index in [9.17, 15) is 9.59 Å². The number of hydrogen-bond donors (Lipinski definition) is 1. The summed E-state index contributed by atoms with van der Waals surface area (Å²) < 4.78 is 5.85. The van der Waals surface area contributed by atoms with Gasteiger partial charge in [-0.05, 0) is 17.7 Å². The summed E-state index contributed by atoms with van der Waals surface area (Å²) >= 11 is 1.86. The van der Waals surface area contributed by atoms with Crippen molar-refractivity contribution in [2.45, 2.75) is 19.4 Å². The first-order valence-electron chi connectivity index (χ1n) is 10.3. The molecular weight excluding hydrogens is 412 g/mol. The van der Waals surface area contributed by atoms with Crippen LogP contribution in [0.1, 0.15) is 17.7 Å². The summed E-state index contributed by atoms with van der Waals surface area (Å²) in [6.45, 7) is 2.00. The predicted molar refractivity (Wildman–Crippen MR) is 121 cm³/mol. The van der Waals surface area contributed by atoms with Gasteiger partial charge in [-0.25, -0.2) is 0 Å².